The number of hydrogen-bond donors (Lipinski definition) is 1. The molecule has 0 fully saturated rings. The Morgan fingerprint density at radius 2 is 2.00 bits per heavy atom. The number of aryl methyl sites for hydroxylation is 1. The molecule has 0 spiro atoms. The molecule has 1 amide bonds. The number of hydrogen-bond acceptors (Lipinski definition) is 6. The zero-order chi connectivity index (χ0) is 19.2. The highest BCUT2D eigenvalue weighted by atomic mass is 32.1. The predicted octanol–water partition coefficient (Wildman–Crippen LogP) is 3.87. The fourth-order valence-electron chi connectivity index (χ4n) is 2.41. The Morgan fingerprint density at radius 3 is 2.70 bits per heavy atom. The van der Waals surface area contributed by atoms with E-state index in [4.69, 9.17) is 4.74 Å². The Hall–Kier alpha value is -3.26. The summed E-state index contributed by atoms with van der Waals surface area (Å²) in [5, 5.41) is 13.7. The van der Waals surface area contributed by atoms with E-state index in [1.165, 1.54) is 6.07 Å². The number of thiophene rings is 1. The molecule has 0 saturated carbocycles. The first-order valence-corrected chi connectivity index (χ1v) is 8.99. The van der Waals surface area contributed by atoms with Crippen molar-refractivity contribution in [2.45, 2.75) is 20.1 Å². The first kappa shape index (κ1) is 18.5. The van der Waals surface area contributed by atoms with Crippen molar-refractivity contribution in [2.24, 2.45) is 0 Å². The molecule has 0 saturated heterocycles. The van der Waals surface area contributed by atoms with Crippen molar-refractivity contribution in [3.8, 4) is 5.88 Å². The van der Waals surface area contributed by atoms with Gasteiger partial charge in [0.15, 0.2) is 0 Å². The second-order valence-electron chi connectivity index (χ2n) is 5.77. The van der Waals surface area contributed by atoms with Gasteiger partial charge in [-0.1, -0.05) is 30.3 Å². The lowest BCUT2D eigenvalue weighted by Gasteiger charge is -2.08. The molecule has 0 aliphatic heterocycles. The average molecular weight is 383 g/mol. The molecule has 8 heteroatoms. The van der Waals surface area contributed by atoms with Gasteiger partial charge in [-0.05, 0) is 24.1 Å². The summed E-state index contributed by atoms with van der Waals surface area (Å²) in [6, 6.07) is 14.6. The number of amides is 1. The lowest BCUT2D eigenvalue weighted by atomic mass is 10.2. The van der Waals surface area contributed by atoms with Gasteiger partial charge in [-0.25, -0.2) is 4.98 Å². The number of nitrogens with zero attached hydrogens (tertiary/aromatic N) is 2. The Balaban J connectivity index is 1.58. The van der Waals surface area contributed by atoms with E-state index >= 15 is 0 Å². The molecular formula is C19H17N3O4S. The molecule has 0 atom stereocenters. The fraction of sp³-hybridized carbons (Fsp3) is 0.158. The summed E-state index contributed by atoms with van der Waals surface area (Å²) < 4.78 is 5.67. The number of carbonyl (C=O) groups is 1. The minimum Gasteiger partial charge on any atom is -0.473 e. The van der Waals surface area contributed by atoms with Crippen LogP contribution in [0.3, 0.4) is 0 Å². The van der Waals surface area contributed by atoms with Gasteiger partial charge < -0.3 is 10.1 Å². The van der Waals surface area contributed by atoms with Gasteiger partial charge in [-0.3, -0.25) is 14.9 Å². The third-order valence-corrected chi connectivity index (χ3v) is 4.83. The summed E-state index contributed by atoms with van der Waals surface area (Å²) in [7, 11) is 0. The van der Waals surface area contributed by atoms with E-state index in [1.54, 1.807) is 25.3 Å². The van der Waals surface area contributed by atoms with Crippen molar-refractivity contribution in [1.82, 2.24) is 10.3 Å². The molecule has 138 valence electrons. The monoisotopic (exact) mass is 383 g/mol. The van der Waals surface area contributed by atoms with Gasteiger partial charge in [0.05, 0.1) is 14.7 Å². The minimum atomic E-state index is -0.484. The van der Waals surface area contributed by atoms with Crippen LogP contribution in [0.5, 0.6) is 5.88 Å². The van der Waals surface area contributed by atoms with E-state index in [9.17, 15) is 14.9 Å². The molecule has 0 aliphatic rings. The maximum Gasteiger partial charge on any atom is 0.283 e. The van der Waals surface area contributed by atoms with Crippen molar-refractivity contribution in [3.63, 3.8) is 0 Å². The van der Waals surface area contributed by atoms with Gasteiger partial charge >= 0.3 is 0 Å². The normalized spacial score (nSPS) is 10.4. The van der Waals surface area contributed by atoms with Crippen LogP contribution in [-0.4, -0.2) is 15.8 Å². The molecule has 27 heavy (non-hydrogen) atoms. The van der Waals surface area contributed by atoms with E-state index < -0.39 is 4.92 Å². The van der Waals surface area contributed by atoms with Gasteiger partial charge in [-0.2, -0.15) is 0 Å². The van der Waals surface area contributed by atoms with E-state index in [1.807, 2.05) is 30.3 Å². The SMILES string of the molecule is Cc1sc(C(=O)NCc2ccnc(OCc3ccccc3)c2)cc1[N+](=O)[O-]. The van der Waals surface area contributed by atoms with Crippen molar-refractivity contribution < 1.29 is 14.5 Å². The Morgan fingerprint density at radius 1 is 1.22 bits per heavy atom. The molecule has 0 aliphatic carbocycles. The minimum absolute atomic E-state index is 0.0364. The Kier molecular flexibility index (Phi) is 5.77. The summed E-state index contributed by atoms with van der Waals surface area (Å²) in [6.45, 7) is 2.30. The number of benzene rings is 1. The molecule has 0 bridgehead atoms. The summed E-state index contributed by atoms with van der Waals surface area (Å²) in [5.41, 5.74) is 1.82. The van der Waals surface area contributed by atoms with Crippen LogP contribution in [0, 0.1) is 17.0 Å². The van der Waals surface area contributed by atoms with Crippen molar-refractivity contribution in [3.05, 3.63) is 85.7 Å². The topological polar surface area (TPSA) is 94.4 Å². The summed E-state index contributed by atoms with van der Waals surface area (Å²) >= 11 is 1.10. The molecule has 2 aromatic heterocycles. The van der Waals surface area contributed by atoms with Crippen LogP contribution in [0.15, 0.2) is 54.7 Å². The van der Waals surface area contributed by atoms with E-state index in [0.29, 0.717) is 22.2 Å². The van der Waals surface area contributed by atoms with Crippen LogP contribution in [0.1, 0.15) is 25.7 Å². The number of rotatable bonds is 7. The third-order valence-electron chi connectivity index (χ3n) is 3.79. The molecule has 7 nitrogen and oxygen atoms in total. The van der Waals surface area contributed by atoms with Crippen LogP contribution in [-0.2, 0) is 13.2 Å². The highest BCUT2D eigenvalue weighted by molar-refractivity contribution is 7.14. The predicted molar refractivity (Wildman–Crippen MR) is 102 cm³/mol. The van der Waals surface area contributed by atoms with Gasteiger partial charge in [0.2, 0.25) is 5.88 Å². The van der Waals surface area contributed by atoms with Crippen LogP contribution in [0.4, 0.5) is 5.69 Å². The van der Waals surface area contributed by atoms with Crippen molar-refractivity contribution >= 4 is 22.9 Å². The first-order valence-electron chi connectivity index (χ1n) is 8.17. The number of aromatic nitrogens is 1. The van der Waals surface area contributed by atoms with Gasteiger partial charge in [-0.15, -0.1) is 11.3 Å². The summed E-state index contributed by atoms with van der Waals surface area (Å²) in [4.78, 5) is 27.6. The number of nitrogens with one attached hydrogen (secondary N) is 1. The van der Waals surface area contributed by atoms with Crippen LogP contribution in [0.2, 0.25) is 0 Å². The molecule has 1 N–H and O–H groups in total. The molecule has 0 radical (unpaired) electrons. The lowest BCUT2D eigenvalue weighted by Crippen LogP contribution is -2.21. The second kappa shape index (κ2) is 8.41. The number of nitro groups is 1. The summed E-state index contributed by atoms with van der Waals surface area (Å²) in [6.07, 6.45) is 1.61. The van der Waals surface area contributed by atoms with E-state index in [-0.39, 0.29) is 18.1 Å². The molecular weight excluding hydrogens is 366 g/mol. The number of pyridine rings is 1. The van der Waals surface area contributed by atoms with Crippen LogP contribution < -0.4 is 10.1 Å². The second-order valence-corrected chi connectivity index (χ2v) is 7.02. The Bertz CT molecular complexity index is 957. The highest BCUT2D eigenvalue weighted by Gasteiger charge is 2.19. The molecule has 2 heterocycles. The smallest absolute Gasteiger partial charge is 0.283 e. The van der Waals surface area contributed by atoms with Crippen LogP contribution >= 0.6 is 11.3 Å². The van der Waals surface area contributed by atoms with Gasteiger partial charge in [0, 0.05) is 24.9 Å². The largest absolute Gasteiger partial charge is 0.473 e. The summed E-state index contributed by atoms with van der Waals surface area (Å²) in [5.74, 6) is 0.118. The van der Waals surface area contributed by atoms with Crippen LogP contribution in [0.25, 0.3) is 0 Å². The highest BCUT2D eigenvalue weighted by Crippen LogP contribution is 2.28. The average Bonchev–Trinajstić information content (AvgIpc) is 3.08. The number of ether oxygens (including phenoxy) is 1. The first-order chi connectivity index (χ1) is 13.0. The Labute approximate surface area is 159 Å². The quantitative estimate of drug-likeness (QED) is 0.494. The zero-order valence-electron chi connectivity index (χ0n) is 14.5. The lowest BCUT2D eigenvalue weighted by molar-refractivity contribution is -0.385. The van der Waals surface area contributed by atoms with Gasteiger partial charge in [0.1, 0.15) is 6.61 Å². The maximum atomic E-state index is 12.2. The maximum absolute atomic E-state index is 12.2. The van der Waals surface area contributed by atoms with Crippen molar-refractivity contribution in [1.29, 1.82) is 0 Å². The van der Waals surface area contributed by atoms with Crippen molar-refractivity contribution in [2.75, 3.05) is 0 Å². The molecule has 3 rings (SSSR count). The van der Waals surface area contributed by atoms with E-state index in [2.05, 4.69) is 10.3 Å². The molecule has 1 aromatic carbocycles. The molecule has 3 aromatic rings. The standard InChI is InChI=1S/C19H17N3O4S/c1-13-16(22(24)25)10-17(27-13)19(23)21-11-15-7-8-20-18(9-15)26-12-14-5-3-2-4-6-14/h2-10H,11-12H2,1H3,(H,21,23). The van der Waals surface area contributed by atoms with E-state index in [0.717, 1.165) is 22.5 Å². The molecule has 0 unspecified atom stereocenters. The van der Waals surface area contributed by atoms with Gasteiger partial charge in [0.25, 0.3) is 11.6 Å². The fourth-order valence-corrected chi connectivity index (χ4v) is 3.31. The number of carbonyl (C=O) groups excluding carboxylic acids is 1. The zero-order valence-corrected chi connectivity index (χ0v) is 15.4. The third kappa shape index (κ3) is 4.89.